The van der Waals surface area contributed by atoms with E-state index in [0.29, 0.717) is 11.3 Å². The average Bonchev–Trinajstić information content (AvgIpc) is 3.01. The van der Waals surface area contributed by atoms with E-state index < -0.39 is 6.04 Å². The number of aromatic hydroxyl groups is 1. The van der Waals surface area contributed by atoms with Gasteiger partial charge in [-0.1, -0.05) is 37.5 Å². The maximum atomic E-state index is 12.7. The number of phenolic OH excluding ortho intramolecular Hbond substituents is 1. The van der Waals surface area contributed by atoms with Gasteiger partial charge in [0.1, 0.15) is 17.2 Å². The molecular formula is C18H24N2O3S. The van der Waals surface area contributed by atoms with E-state index in [1.54, 1.807) is 17.0 Å². The number of rotatable bonds is 3. The Balaban J connectivity index is 1.75. The minimum absolute atomic E-state index is 0.0671. The van der Waals surface area contributed by atoms with E-state index in [9.17, 15) is 14.7 Å². The minimum atomic E-state index is -0.473. The van der Waals surface area contributed by atoms with E-state index >= 15 is 0 Å². The fraction of sp³-hybridized carbons (Fsp3) is 0.556. The third-order valence-electron chi connectivity index (χ3n) is 4.82. The molecule has 0 bridgehead atoms. The molecular weight excluding hydrogens is 324 g/mol. The van der Waals surface area contributed by atoms with Crippen molar-refractivity contribution in [2.24, 2.45) is 0 Å². The number of thioether (sulfide) groups is 1. The van der Waals surface area contributed by atoms with Gasteiger partial charge in [0.15, 0.2) is 0 Å². The molecule has 1 aromatic rings. The molecule has 2 N–H and O–H groups in total. The first-order valence-corrected chi connectivity index (χ1v) is 9.61. The van der Waals surface area contributed by atoms with Crippen molar-refractivity contribution in [1.82, 2.24) is 10.2 Å². The second kappa shape index (κ2) is 7.47. The van der Waals surface area contributed by atoms with Gasteiger partial charge in [0.05, 0.1) is 0 Å². The van der Waals surface area contributed by atoms with Crippen LogP contribution < -0.4 is 5.32 Å². The van der Waals surface area contributed by atoms with Gasteiger partial charge in [-0.3, -0.25) is 9.59 Å². The summed E-state index contributed by atoms with van der Waals surface area (Å²) in [6.45, 7) is 1.49. The molecule has 0 radical (unpaired) electrons. The van der Waals surface area contributed by atoms with Crippen molar-refractivity contribution in [3.05, 3.63) is 29.8 Å². The first kappa shape index (κ1) is 17.1. The van der Waals surface area contributed by atoms with Crippen LogP contribution in [0, 0.1) is 0 Å². The highest BCUT2D eigenvalue weighted by molar-refractivity contribution is 7.99. The summed E-state index contributed by atoms with van der Waals surface area (Å²) in [6, 6.07) is 6.77. The van der Waals surface area contributed by atoms with E-state index in [2.05, 4.69) is 5.32 Å². The van der Waals surface area contributed by atoms with Crippen LogP contribution in [-0.4, -0.2) is 39.7 Å². The standard InChI is InChI=1S/C18H24N2O3S/c1-12(21)20-15(17(23)19-13-7-3-2-4-8-13)11-24-18(20)14-9-5-6-10-16(14)22/h5-6,9-10,13,15,18,22H,2-4,7-8,11H2,1H3,(H,19,23). The average molecular weight is 348 g/mol. The monoisotopic (exact) mass is 348 g/mol. The third kappa shape index (κ3) is 3.53. The van der Waals surface area contributed by atoms with Crippen LogP contribution in [0.5, 0.6) is 5.75 Å². The summed E-state index contributed by atoms with van der Waals surface area (Å²) in [7, 11) is 0. The molecule has 0 spiro atoms. The highest BCUT2D eigenvalue weighted by Gasteiger charge is 2.42. The lowest BCUT2D eigenvalue weighted by atomic mass is 9.95. The summed E-state index contributed by atoms with van der Waals surface area (Å²) in [5, 5.41) is 12.9. The Labute approximate surface area is 146 Å². The van der Waals surface area contributed by atoms with E-state index in [-0.39, 0.29) is 29.0 Å². The van der Waals surface area contributed by atoms with E-state index in [1.165, 1.54) is 25.1 Å². The molecule has 1 aromatic carbocycles. The van der Waals surface area contributed by atoms with Gasteiger partial charge < -0.3 is 15.3 Å². The summed E-state index contributed by atoms with van der Waals surface area (Å²) in [4.78, 5) is 26.5. The van der Waals surface area contributed by atoms with Gasteiger partial charge in [0.25, 0.3) is 0 Å². The van der Waals surface area contributed by atoms with Crippen LogP contribution in [0.4, 0.5) is 0 Å². The second-order valence-corrected chi connectivity index (χ2v) is 7.64. The van der Waals surface area contributed by atoms with Crippen LogP contribution in [0.2, 0.25) is 0 Å². The first-order valence-electron chi connectivity index (χ1n) is 8.56. The van der Waals surface area contributed by atoms with Crippen molar-refractivity contribution in [3.8, 4) is 5.75 Å². The zero-order valence-electron chi connectivity index (χ0n) is 13.9. The summed E-state index contributed by atoms with van der Waals surface area (Å²) >= 11 is 1.53. The number of nitrogens with one attached hydrogen (secondary N) is 1. The smallest absolute Gasteiger partial charge is 0.243 e. The lowest BCUT2D eigenvalue weighted by Gasteiger charge is -2.30. The molecule has 130 valence electrons. The van der Waals surface area contributed by atoms with Crippen LogP contribution in [0.15, 0.2) is 24.3 Å². The molecule has 0 aromatic heterocycles. The maximum absolute atomic E-state index is 12.7. The minimum Gasteiger partial charge on any atom is -0.508 e. The van der Waals surface area contributed by atoms with Crippen molar-refractivity contribution in [1.29, 1.82) is 0 Å². The number of carbonyl (C=O) groups is 2. The fourth-order valence-corrected chi connectivity index (χ4v) is 5.08. The maximum Gasteiger partial charge on any atom is 0.243 e. The molecule has 6 heteroatoms. The zero-order valence-corrected chi connectivity index (χ0v) is 14.7. The fourth-order valence-electron chi connectivity index (χ4n) is 3.57. The van der Waals surface area contributed by atoms with E-state index in [4.69, 9.17) is 0 Å². The van der Waals surface area contributed by atoms with Crippen molar-refractivity contribution >= 4 is 23.6 Å². The number of hydrogen-bond donors (Lipinski definition) is 2. The quantitative estimate of drug-likeness (QED) is 0.881. The Morgan fingerprint density at radius 1 is 1.21 bits per heavy atom. The molecule has 1 aliphatic heterocycles. The molecule has 2 aliphatic rings. The topological polar surface area (TPSA) is 69.6 Å². The molecule has 24 heavy (non-hydrogen) atoms. The van der Waals surface area contributed by atoms with Crippen LogP contribution in [0.25, 0.3) is 0 Å². The molecule has 5 nitrogen and oxygen atoms in total. The summed E-state index contributed by atoms with van der Waals surface area (Å²) < 4.78 is 0. The molecule has 2 amide bonds. The number of carbonyl (C=O) groups excluding carboxylic acids is 2. The molecule has 1 saturated carbocycles. The van der Waals surface area contributed by atoms with Crippen LogP contribution >= 0.6 is 11.8 Å². The second-order valence-electron chi connectivity index (χ2n) is 6.53. The van der Waals surface area contributed by atoms with Gasteiger partial charge in [0, 0.05) is 24.3 Å². The van der Waals surface area contributed by atoms with Gasteiger partial charge >= 0.3 is 0 Å². The predicted molar refractivity (Wildman–Crippen MR) is 94.6 cm³/mol. The van der Waals surface area contributed by atoms with Gasteiger partial charge in [0.2, 0.25) is 11.8 Å². The van der Waals surface area contributed by atoms with Crippen LogP contribution in [0.3, 0.4) is 0 Å². The number of benzene rings is 1. The number of para-hydroxylation sites is 1. The Bertz CT molecular complexity index is 616. The van der Waals surface area contributed by atoms with E-state index in [0.717, 1.165) is 25.7 Å². The largest absolute Gasteiger partial charge is 0.508 e. The number of hydrogen-bond acceptors (Lipinski definition) is 4. The van der Waals surface area contributed by atoms with Crippen molar-refractivity contribution in [2.45, 2.75) is 56.5 Å². The van der Waals surface area contributed by atoms with Crippen molar-refractivity contribution in [3.63, 3.8) is 0 Å². The third-order valence-corrected chi connectivity index (χ3v) is 6.13. The summed E-state index contributed by atoms with van der Waals surface area (Å²) in [6.07, 6.45) is 5.59. The summed E-state index contributed by atoms with van der Waals surface area (Å²) in [5.41, 5.74) is 0.686. The number of phenols is 1. The Morgan fingerprint density at radius 2 is 1.92 bits per heavy atom. The molecule has 1 aliphatic carbocycles. The Morgan fingerprint density at radius 3 is 2.58 bits per heavy atom. The van der Waals surface area contributed by atoms with Crippen LogP contribution in [-0.2, 0) is 9.59 Å². The predicted octanol–water partition coefficient (Wildman–Crippen LogP) is 2.80. The number of nitrogens with zero attached hydrogens (tertiary/aromatic N) is 1. The lowest BCUT2D eigenvalue weighted by molar-refractivity contribution is -0.138. The van der Waals surface area contributed by atoms with E-state index in [1.807, 2.05) is 12.1 Å². The van der Waals surface area contributed by atoms with Gasteiger partial charge in [-0.2, -0.15) is 0 Å². The van der Waals surface area contributed by atoms with Crippen LogP contribution in [0.1, 0.15) is 50.0 Å². The van der Waals surface area contributed by atoms with Gasteiger partial charge in [-0.25, -0.2) is 0 Å². The molecule has 3 rings (SSSR count). The van der Waals surface area contributed by atoms with Crippen molar-refractivity contribution < 1.29 is 14.7 Å². The summed E-state index contributed by atoms with van der Waals surface area (Å²) in [5.74, 6) is 0.506. The number of amides is 2. The molecule has 2 unspecified atom stereocenters. The first-order chi connectivity index (χ1) is 11.6. The Hall–Kier alpha value is -1.69. The molecule has 2 fully saturated rings. The molecule has 2 atom stereocenters. The SMILES string of the molecule is CC(=O)N1C(C(=O)NC2CCCCC2)CSC1c1ccccc1O. The zero-order chi connectivity index (χ0) is 17.1. The Kier molecular flexibility index (Phi) is 5.33. The highest BCUT2D eigenvalue weighted by atomic mass is 32.2. The van der Waals surface area contributed by atoms with Gasteiger partial charge in [-0.05, 0) is 18.9 Å². The molecule has 1 heterocycles. The lowest BCUT2D eigenvalue weighted by Crippen LogP contribution is -2.50. The highest BCUT2D eigenvalue weighted by Crippen LogP contribution is 2.44. The molecule has 1 saturated heterocycles. The normalized spacial score (nSPS) is 24.8. The van der Waals surface area contributed by atoms with Gasteiger partial charge in [-0.15, -0.1) is 11.8 Å². The van der Waals surface area contributed by atoms with Crippen molar-refractivity contribution in [2.75, 3.05) is 5.75 Å².